The fourth-order valence-electron chi connectivity index (χ4n) is 1.84. The van der Waals surface area contributed by atoms with Gasteiger partial charge in [0.25, 0.3) is 5.91 Å². The van der Waals surface area contributed by atoms with Gasteiger partial charge < -0.3 is 15.8 Å². The molecule has 1 unspecified atom stereocenters. The summed E-state index contributed by atoms with van der Waals surface area (Å²) >= 11 is 5.99. The van der Waals surface area contributed by atoms with Crippen LogP contribution in [0.5, 0.6) is 0 Å². The maximum absolute atomic E-state index is 12.0. The number of nitrogens with one attached hydrogen (secondary N) is 1. The van der Waals surface area contributed by atoms with E-state index in [1.807, 2.05) is 0 Å². The third-order valence-corrected chi connectivity index (χ3v) is 3.19. The van der Waals surface area contributed by atoms with Gasteiger partial charge in [0.05, 0.1) is 28.9 Å². The van der Waals surface area contributed by atoms with Crippen molar-refractivity contribution in [1.29, 1.82) is 0 Å². The fraction of sp³-hybridized carbons (Fsp3) is 0.417. The minimum atomic E-state index is -0.196. The highest BCUT2D eigenvalue weighted by Crippen LogP contribution is 2.23. The zero-order valence-electron chi connectivity index (χ0n) is 9.41. The van der Waals surface area contributed by atoms with E-state index >= 15 is 0 Å². The first-order valence-corrected chi connectivity index (χ1v) is 5.99. The molecule has 1 atom stereocenters. The van der Waals surface area contributed by atoms with Gasteiger partial charge in [0.2, 0.25) is 0 Å². The Labute approximate surface area is 105 Å². The molecule has 17 heavy (non-hydrogen) atoms. The number of nitrogen functional groups attached to an aromatic ring is 1. The summed E-state index contributed by atoms with van der Waals surface area (Å²) in [6.45, 7) is 1.33. The quantitative estimate of drug-likeness (QED) is 0.792. The Balaban J connectivity index is 2.06. The molecule has 4 nitrogen and oxygen atoms in total. The molecule has 1 aromatic carbocycles. The molecule has 0 aliphatic carbocycles. The molecule has 1 fully saturated rings. The molecule has 2 rings (SSSR count). The monoisotopic (exact) mass is 254 g/mol. The molecule has 0 spiro atoms. The molecule has 1 aromatic rings. The predicted molar refractivity (Wildman–Crippen MR) is 67.2 cm³/mol. The standard InChI is InChI=1S/C12H15ClN2O2/c13-11-9(4-1-5-10(11)14)12(16)15-8-3-2-6-17-7-8/h1,4-5,8H,2-3,6-7,14H2,(H,15,16). The number of amides is 1. The number of carbonyl (C=O) groups excluding carboxylic acids is 1. The number of hydrogen-bond donors (Lipinski definition) is 2. The van der Waals surface area contributed by atoms with Crippen LogP contribution in [0.3, 0.4) is 0 Å². The molecule has 3 N–H and O–H groups in total. The molecule has 0 bridgehead atoms. The summed E-state index contributed by atoms with van der Waals surface area (Å²) in [5, 5.41) is 3.21. The van der Waals surface area contributed by atoms with Gasteiger partial charge in [0, 0.05) is 6.61 Å². The fourth-order valence-corrected chi connectivity index (χ4v) is 2.05. The van der Waals surface area contributed by atoms with Crippen molar-refractivity contribution in [2.24, 2.45) is 0 Å². The summed E-state index contributed by atoms with van der Waals surface area (Å²) < 4.78 is 5.30. The average molecular weight is 255 g/mol. The predicted octanol–water partition coefficient (Wildman–Crippen LogP) is 1.83. The first-order valence-electron chi connectivity index (χ1n) is 5.61. The number of halogens is 1. The molecule has 1 amide bonds. The second-order valence-corrected chi connectivity index (χ2v) is 4.47. The molecule has 1 aliphatic heterocycles. The summed E-state index contributed by atoms with van der Waals surface area (Å²) in [7, 11) is 0. The van der Waals surface area contributed by atoms with E-state index in [1.165, 1.54) is 0 Å². The zero-order valence-corrected chi connectivity index (χ0v) is 10.2. The highest BCUT2D eigenvalue weighted by molar-refractivity contribution is 6.36. The zero-order chi connectivity index (χ0) is 12.3. The molecule has 1 saturated heterocycles. The van der Waals surface area contributed by atoms with Crippen molar-refractivity contribution in [1.82, 2.24) is 5.32 Å². The van der Waals surface area contributed by atoms with Crippen molar-refractivity contribution >= 4 is 23.2 Å². The number of anilines is 1. The van der Waals surface area contributed by atoms with Gasteiger partial charge in [-0.3, -0.25) is 4.79 Å². The Hall–Kier alpha value is -1.26. The van der Waals surface area contributed by atoms with Crippen LogP contribution >= 0.6 is 11.6 Å². The van der Waals surface area contributed by atoms with E-state index in [4.69, 9.17) is 22.1 Å². The molecule has 92 valence electrons. The second-order valence-electron chi connectivity index (χ2n) is 4.10. The maximum Gasteiger partial charge on any atom is 0.253 e. The van der Waals surface area contributed by atoms with Crippen LogP contribution in [0.2, 0.25) is 5.02 Å². The lowest BCUT2D eigenvalue weighted by molar-refractivity contribution is 0.0624. The van der Waals surface area contributed by atoms with Crippen LogP contribution in [0.4, 0.5) is 5.69 Å². The van der Waals surface area contributed by atoms with Gasteiger partial charge in [0.15, 0.2) is 0 Å². The van der Waals surface area contributed by atoms with Crippen LogP contribution in [0.15, 0.2) is 18.2 Å². The topological polar surface area (TPSA) is 64.4 Å². The first kappa shape index (κ1) is 12.2. The molecular weight excluding hydrogens is 240 g/mol. The van der Waals surface area contributed by atoms with Crippen molar-refractivity contribution < 1.29 is 9.53 Å². The number of nitrogens with two attached hydrogens (primary N) is 1. The number of rotatable bonds is 2. The summed E-state index contributed by atoms with van der Waals surface area (Å²) in [5.41, 5.74) is 6.49. The van der Waals surface area contributed by atoms with Crippen LogP contribution in [0.25, 0.3) is 0 Å². The Kier molecular flexibility index (Phi) is 3.86. The summed E-state index contributed by atoms with van der Waals surface area (Å²) in [5.74, 6) is -0.196. The molecular formula is C12H15ClN2O2. The Bertz CT molecular complexity index is 417. The molecule has 1 heterocycles. The van der Waals surface area contributed by atoms with E-state index in [0.717, 1.165) is 19.4 Å². The van der Waals surface area contributed by atoms with Crippen LogP contribution in [-0.4, -0.2) is 25.2 Å². The van der Waals surface area contributed by atoms with Gasteiger partial charge in [-0.2, -0.15) is 0 Å². The van der Waals surface area contributed by atoms with Crippen LogP contribution < -0.4 is 11.1 Å². The number of ether oxygens (including phenoxy) is 1. The first-order chi connectivity index (χ1) is 8.18. The lowest BCUT2D eigenvalue weighted by atomic mass is 10.1. The van der Waals surface area contributed by atoms with E-state index in [9.17, 15) is 4.79 Å². The third kappa shape index (κ3) is 2.90. The molecule has 0 aromatic heterocycles. The Morgan fingerprint density at radius 3 is 3.06 bits per heavy atom. The van der Waals surface area contributed by atoms with Crippen molar-refractivity contribution in [3.05, 3.63) is 28.8 Å². The summed E-state index contributed by atoms with van der Waals surface area (Å²) in [6.07, 6.45) is 1.90. The smallest absolute Gasteiger partial charge is 0.253 e. The average Bonchev–Trinajstić information content (AvgIpc) is 2.34. The minimum absolute atomic E-state index is 0.0637. The molecule has 0 radical (unpaired) electrons. The third-order valence-electron chi connectivity index (χ3n) is 2.77. The van der Waals surface area contributed by atoms with Gasteiger partial charge in [0.1, 0.15) is 0 Å². The van der Waals surface area contributed by atoms with Gasteiger partial charge in [-0.15, -0.1) is 0 Å². The molecule has 0 saturated carbocycles. The minimum Gasteiger partial charge on any atom is -0.398 e. The van der Waals surface area contributed by atoms with E-state index in [-0.39, 0.29) is 11.9 Å². The normalized spacial score (nSPS) is 19.9. The van der Waals surface area contributed by atoms with E-state index in [1.54, 1.807) is 18.2 Å². The van der Waals surface area contributed by atoms with Crippen molar-refractivity contribution in [2.45, 2.75) is 18.9 Å². The Morgan fingerprint density at radius 2 is 2.35 bits per heavy atom. The van der Waals surface area contributed by atoms with Crippen molar-refractivity contribution in [3.63, 3.8) is 0 Å². The summed E-state index contributed by atoms with van der Waals surface area (Å²) in [4.78, 5) is 12.0. The molecule has 1 aliphatic rings. The van der Waals surface area contributed by atoms with Gasteiger partial charge >= 0.3 is 0 Å². The lowest BCUT2D eigenvalue weighted by Crippen LogP contribution is -2.40. The van der Waals surface area contributed by atoms with Gasteiger partial charge in [-0.05, 0) is 25.0 Å². The highest BCUT2D eigenvalue weighted by Gasteiger charge is 2.19. The lowest BCUT2D eigenvalue weighted by Gasteiger charge is -2.23. The number of benzene rings is 1. The van der Waals surface area contributed by atoms with Crippen LogP contribution in [0.1, 0.15) is 23.2 Å². The number of carbonyl (C=O) groups is 1. The van der Waals surface area contributed by atoms with Crippen LogP contribution in [0, 0.1) is 0 Å². The van der Waals surface area contributed by atoms with Gasteiger partial charge in [-0.25, -0.2) is 0 Å². The largest absolute Gasteiger partial charge is 0.398 e. The van der Waals surface area contributed by atoms with E-state index < -0.39 is 0 Å². The van der Waals surface area contributed by atoms with E-state index in [0.29, 0.717) is 22.9 Å². The SMILES string of the molecule is Nc1cccc(C(=O)NC2CCCOC2)c1Cl. The number of hydrogen-bond acceptors (Lipinski definition) is 3. The van der Waals surface area contributed by atoms with E-state index in [2.05, 4.69) is 5.32 Å². The van der Waals surface area contributed by atoms with Crippen molar-refractivity contribution in [2.75, 3.05) is 18.9 Å². The Morgan fingerprint density at radius 1 is 1.53 bits per heavy atom. The highest BCUT2D eigenvalue weighted by atomic mass is 35.5. The molecule has 5 heteroatoms. The summed E-state index contributed by atoms with van der Waals surface area (Å²) in [6, 6.07) is 5.11. The van der Waals surface area contributed by atoms with Crippen molar-refractivity contribution in [3.8, 4) is 0 Å². The van der Waals surface area contributed by atoms with Crippen LogP contribution in [-0.2, 0) is 4.74 Å². The maximum atomic E-state index is 12.0. The second kappa shape index (κ2) is 5.38. The van der Waals surface area contributed by atoms with Gasteiger partial charge in [-0.1, -0.05) is 17.7 Å².